The summed E-state index contributed by atoms with van der Waals surface area (Å²) in [7, 11) is 0. The normalized spacial score (nSPS) is 19.6. The summed E-state index contributed by atoms with van der Waals surface area (Å²) >= 11 is 1.74. The Morgan fingerprint density at radius 1 is 1.37 bits per heavy atom. The molecule has 0 radical (unpaired) electrons. The van der Waals surface area contributed by atoms with Crippen LogP contribution in [0.15, 0.2) is 0 Å². The molecular weight excluding hydrogens is 256 g/mol. The molecule has 0 heterocycles. The number of nitrogens with one attached hydrogen (secondary N) is 1. The average molecular weight is 286 g/mol. The minimum atomic E-state index is -0.343. The summed E-state index contributed by atoms with van der Waals surface area (Å²) in [4.78, 5) is 12.0. The molecule has 1 aliphatic carbocycles. The zero-order valence-corrected chi connectivity index (χ0v) is 13.5. The molecule has 1 amide bonds. The first-order valence-electron chi connectivity index (χ1n) is 7.51. The smallest absolute Gasteiger partial charge is 0.236 e. The SMILES string of the molecule is CSCC[C@H](N)C(=O)NCC1(CC(C)C)CCCC1. The molecule has 3 N–H and O–H groups in total. The summed E-state index contributed by atoms with van der Waals surface area (Å²) in [5.41, 5.74) is 6.24. The Bertz CT molecular complexity index is 275. The molecule has 0 unspecified atom stereocenters. The number of carbonyl (C=O) groups excluding carboxylic acids is 1. The third-order valence-corrected chi connectivity index (χ3v) is 4.76. The van der Waals surface area contributed by atoms with Crippen LogP contribution in [0.25, 0.3) is 0 Å². The molecule has 0 aromatic heterocycles. The third-order valence-electron chi connectivity index (χ3n) is 4.11. The van der Waals surface area contributed by atoms with Crippen LogP contribution in [-0.2, 0) is 4.79 Å². The van der Waals surface area contributed by atoms with Crippen molar-refractivity contribution in [1.29, 1.82) is 0 Å². The molecule has 112 valence electrons. The lowest BCUT2D eigenvalue weighted by atomic mass is 9.78. The van der Waals surface area contributed by atoms with Crippen molar-refractivity contribution in [2.24, 2.45) is 17.1 Å². The van der Waals surface area contributed by atoms with Gasteiger partial charge in [0.15, 0.2) is 0 Å². The first-order valence-corrected chi connectivity index (χ1v) is 8.91. The number of hydrogen-bond donors (Lipinski definition) is 2. The number of hydrogen-bond acceptors (Lipinski definition) is 3. The third kappa shape index (κ3) is 5.74. The van der Waals surface area contributed by atoms with E-state index in [-0.39, 0.29) is 11.9 Å². The van der Waals surface area contributed by atoms with Crippen molar-refractivity contribution in [2.45, 2.75) is 58.4 Å². The average Bonchev–Trinajstić information content (AvgIpc) is 2.81. The minimum Gasteiger partial charge on any atom is -0.354 e. The van der Waals surface area contributed by atoms with E-state index in [0.717, 1.165) is 18.7 Å². The van der Waals surface area contributed by atoms with Crippen LogP contribution in [0.1, 0.15) is 52.4 Å². The van der Waals surface area contributed by atoms with Gasteiger partial charge in [-0.25, -0.2) is 0 Å². The summed E-state index contributed by atoms with van der Waals surface area (Å²) < 4.78 is 0. The lowest BCUT2D eigenvalue weighted by Gasteiger charge is -2.31. The highest BCUT2D eigenvalue weighted by atomic mass is 32.2. The first kappa shape index (κ1) is 16.8. The molecule has 1 fully saturated rings. The topological polar surface area (TPSA) is 55.1 Å². The van der Waals surface area contributed by atoms with E-state index in [1.807, 2.05) is 6.26 Å². The second kappa shape index (κ2) is 8.15. The van der Waals surface area contributed by atoms with E-state index in [4.69, 9.17) is 5.73 Å². The van der Waals surface area contributed by atoms with Crippen LogP contribution >= 0.6 is 11.8 Å². The van der Waals surface area contributed by atoms with Crippen LogP contribution in [0.3, 0.4) is 0 Å². The summed E-state index contributed by atoms with van der Waals surface area (Å²) in [6.45, 7) is 5.36. The van der Waals surface area contributed by atoms with Crippen molar-refractivity contribution in [3.63, 3.8) is 0 Å². The molecule has 3 nitrogen and oxygen atoms in total. The quantitative estimate of drug-likeness (QED) is 0.721. The van der Waals surface area contributed by atoms with Crippen molar-refractivity contribution in [1.82, 2.24) is 5.32 Å². The van der Waals surface area contributed by atoms with Gasteiger partial charge in [-0.05, 0) is 49.0 Å². The number of amides is 1. The molecule has 0 aromatic rings. The molecule has 1 atom stereocenters. The second-order valence-electron chi connectivity index (χ2n) is 6.41. The van der Waals surface area contributed by atoms with Crippen LogP contribution in [0.4, 0.5) is 0 Å². The van der Waals surface area contributed by atoms with Gasteiger partial charge in [0, 0.05) is 6.54 Å². The largest absolute Gasteiger partial charge is 0.354 e. The molecular formula is C15H30N2OS. The Labute approximate surface area is 122 Å². The number of thioether (sulfide) groups is 1. The lowest BCUT2D eigenvalue weighted by Crippen LogP contribution is -2.45. The molecule has 0 saturated heterocycles. The zero-order valence-electron chi connectivity index (χ0n) is 12.7. The van der Waals surface area contributed by atoms with Crippen molar-refractivity contribution in [2.75, 3.05) is 18.6 Å². The van der Waals surface area contributed by atoms with Gasteiger partial charge in [-0.2, -0.15) is 11.8 Å². The van der Waals surface area contributed by atoms with Gasteiger partial charge in [0.2, 0.25) is 5.91 Å². The van der Waals surface area contributed by atoms with Gasteiger partial charge >= 0.3 is 0 Å². The van der Waals surface area contributed by atoms with Crippen molar-refractivity contribution in [3.05, 3.63) is 0 Å². The maximum atomic E-state index is 12.0. The second-order valence-corrected chi connectivity index (χ2v) is 7.40. The lowest BCUT2D eigenvalue weighted by molar-refractivity contribution is -0.123. The molecule has 1 rings (SSSR count). The predicted molar refractivity (Wildman–Crippen MR) is 84.3 cm³/mol. The highest BCUT2D eigenvalue weighted by molar-refractivity contribution is 7.98. The Morgan fingerprint density at radius 2 is 2.00 bits per heavy atom. The van der Waals surface area contributed by atoms with Gasteiger partial charge < -0.3 is 11.1 Å². The standard InChI is InChI=1S/C15H30N2OS/c1-12(2)10-15(7-4-5-8-15)11-17-14(18)13(16)6-9-19-3/h12-13H,4-11,16H2,1-3H3,(H,17,18)/t13-/m0/s1. The van der Waals surface area contributed by atoms with Crippen molar-refractivity contribution in [3.8, 4) is 0 Å². The molecule has 4 heteroatoms. The molecule has 1 aliphatic rings. The monoisotopic (exact) mass is 286 g/mol. The van der Waals surface area contributed by atoms with Crippen LogP contribution < -0.4 is 11.1 Å². The molecule has 1 saturated carbocycles. The van der Waals surface area contributed by atoms with Gasteiger partial charge in [-0.3, -0.25) is 4.79 Å². The van der Waals surface area contributed by atoms with Crippen LogP contribution in [-0.4, -0.2) is 30.5 Å². The molecule has 0 aliphatic heterocycles. The summed E-state index contributed by atoms with van der Waals surface area (Å²) in [6, 6.07) is -0.343. The van der Waals surface area contributed by atoms with E-state index >= 15 is 0 Å². The van der Waals surface area contributed by atoms with Gasteiger partial charge in [0.25, 0.3) is 0 Å². The van der Waals surface area contributed by atoms with E-state index in [0.29, 0.717) is 11.3 Å². The maximum Gasteiger partial charge on any atom is 0.236 e. The first-order chi connectivity index (χ1) is 8.99. The summed E-state index contributed by atoms with van der Waals surface area (Å²) in [5, 5.41) is 3.11. The van der Waals surface area contributed by atoms with Gasteiger partial charge in [0.1, 0.15) is 0 Å². The predicted octanol–water partition coefficient (Wildman–Crippen LogP) is 2.79. The summed E-state index contributed by atoms with van der Waals surface area (Å²) in [6.07, 6.45) is 9.15. The minimum absolute atomic E-state index is 0.0316. The molecule has 0 spiro atoms. The Morgan fingerprint density at radius 3 is 2.53 bits per heavy atom. The van der Waals surface area contributed by atoms with Gasteiger partial charge in [-0.1, -0.05) is 26.7 Å². The fraction of sp³-hybridized carbons (Fsp3) is 0.933. The van der Waals surface area contributed by atoms with E-state index in [1.165, 1.54) is 32.1 Å². The van der Waals surface area contributed by atoms with Crippen LogP contribution in [0.2, 0.25) is 0 Å². The van der Waals surface area contributed by atoms with Gasteiger partial charge in [-0.15, -0.1) is 0 Å². The number of carbonyl (C=O) groups is 1. The summed E-state index contributed by atoms with van der Waals surface area (Å²) in [5.74, 6) is 1.68. The molecule has 0 aromatic carbocycles. The Kier molecular flexibility index (Phi) is 7.22. The van der Waals surface area contributed by atoms with Crippen molar-refractivity contribution < 1.29 is 4.79 Å². The van der Waals surface area contributed by atoms with E-state index < -0.39 is 0 Å². The highest BCUT2D eigenvalue weighted by Gasteiger charge is 2.34. The van der Waals surface area contributed by atoms with Crippen LogP contribution in [0.5, 0.6) is 0 Å². The fourth-order valence-electron chi connectivity index (χ4n) is 3.23. The van der Waals surface area contributed by atoms with Crippen molar-refractivity contribution >= 4 is 17.7 Å². The molecule has 19 heavy (non-hydrogen) atoms. The number of nitrogens with two attached hydrogens (primary N) is 1. The highest BCUT2D eigenvalue weighted by Crippen LogP contribution is 2.42. The van der Waals surface area contributed by atoms with E-state index in [2.05, 4.69) is 19.2 Å². The van der Waals surface area contributed by atoms with E-state index in [1.54, 1.807) is 11.8 Å². The van der Waals surface area contributed by atoms with Gasteiger partial charge in [0.05, 0.1) is 6.04 Å². The Balaban J connectivity index is 2.41. The number of rotatable bonds is 8. The fourth-order valence-corrected chi connectivity index (χ4v) is 3.72. The van der Waals surface area contributed by atoms with E-state index in [9.17, 15) is 4.79 Å². The zero-order chi connectivity index (χ0) is 14.3. The Hall–Kier alpha value is -0.220. The van der Waals surface area contributed by atoms with Crippen LogP contribution in [0, 0.1) is 11.3 Å². The maximum absolute atomic E-state index is 12.0. The molecule has 0 bridgehead atoms.